The SMILES string of the molecule is CC[C@@H](N)C(=O)Nc1c(Cl)cc(C)c2ncccc12. The first-order valence-electron chi connectivity index (χ1n) is 6.14. The number of anilines is 1. The average Bonchev–Trinajstić information content (AvgIpc) is 2.42. The molecule has 1 aromatic carbocycles. The Kier molecular flexibility index (Phi) is 4.02. The van der Waals surface area contributed by atoms with E-state index in [-0.39, 0.29) is 5.91 Å². The molecule has 0 saturated carbocycles. The highest BCUT2D eigenvalue weighted by Crippen LogP contribution is 2.32. The van der Waals surface area contributed by atoms with E-state index in [0.717, 1.165) is 16.5 Å². The average molecular weight is 278 g/mol. The molecule has 2 rings (SSSR count). The second kappa shape index (κ2) is 5.55. The van der Waals surface area contributed by atoms with E-state index in [4.69, 9.17) is 17.3 Å². The Labute approximate surface area is 117 Å². The van der Waals surface area contributed by atoms with Crippen molar-refractivity contribution >= 4 is 34.1 Å². The number of carbonyl (C=O) groups is 1. The second-order valence-corrected chi connectivity index (χ2v) is 4.86. The first-order valence-corrected chi connectivity index (χ1v) is 6.52. The number of carbonyl (C=O) groups excluding carboxylic acids is 1. The van der Waals surface area contributed by atoms with Gasteiger partial charge in [0.05, 0.1) is 22.3 Å². The van der Waals surface area contributed by atoms with Crippen molar-refractivity contribution in [2.45, 2.75) is 26.3 Å². The largest absolute Gasteiger partial charge is 0.323 e. The lowest BCUT2D eigenvalue weighted by molar-refractivity contribution is -0.117. The summed E-state index contributed by atoms with van der Waals surface area (Å²) < 4.78 is 0. The fraction of sp³-hybridized carbons (Fsp3) is 0.286. The van der Waals surface area contributed by atoms with Crippen LogP contribution in [0.4, 0.5) is 5.69 Å². The number of halogens is 1. The van der Waals surface area contributed by atoms with Crippen LogP contribution in [0.3, 0.4) is 0 Å². The third-order valence-corrected chi connectivity index (χ3v) is 3.36. The molecule has 0 bridgehead atoms. The molecule has 1 aromatic heterocycles. The summed E-state index contributed by atoms with van der Waals surface area (Å²) in [6.07, 6.45) is 2.29. The molecule has 0 aliphatic heterocycles. The summed E-state index contributed by atoms with van der Waals surface area (Å²) in [6, 6.07) is 4.95. The summed E-state index contributed by atoms with van der Waals surface area (Å²) in [6.45, 7) is 3.80. The predicted octanol–water partition coefficient (Wildman–Crippen LogP) is 2.87. The quantitative estimate of drug-likeness (QED) is 0.906. The van der Waals surface area contributed by atoms with Crippen LogP contribution in [0.2, 0.25) is 5.02 Å². The Bertz CT molecular complexity index is 627. The molecule has 100 valence electrons. The monoisotopic (exact) mass is 277 g/mol. The van der Waals surface area contributed by atoms with Crippen LogP contribution >= 0.6 is 11.6 Å². The maximum atomic E-state index is 11.9. The number of benzene rings is 1. The van der Waals surface area contributed by atoms with Crippen LogP contribution in [0.1, 0.15) is 18.9 Å². The lowest BCUT2D eigenvalue weighted by atomic mass is 10.1. The van der Waals surface area contributed by atoms with Gasteiger partial charge in [-0.15, -0.1) is 0 Å². The first kappa shape index (κ1) is 13.8. The van der Waals surface area contributed by atoms with Crippen molar-refractivity contribution in [1.82, 2.24) is 4.98 Å². The van der Waals surface area contributed by atoms with Gasteiger partial charge in [0.1, 0.15) is 0 Å². The Morgan fingerprint density at radius 3 is 3.00 bits per heavy atom. The molecule has 4 nitrogen and oxygen atoms in total. The van der Waals surface area contributed by atoms with E-state index in [0.29, 0.717) is 17.1 Å². The molecule has 0 unspecified atom stereocenters. The van der Waals surface area contributed by atoms with Crippen molar-refractivity contribution in [2.24, 2.45) is 5.73 Å². The van der Waals surface area contributed by atoms with Crippen LogP contribution < -0.4 is 11.1 Å². The molecule has 1 amide bonds. The zero-order valence-corrected chi connectivity index (χ0v) is 11.7. The summed E-state index contributed by atoms with van der Waals surface area (Å²) in [5, 5.41) is 4.11. The standard InChI is InChI=1S/C14H16ClN3O/c1-3-11(16)14(19)18-13-9-5-4-6-17-12(9)8(2)7-10(13)15/h4-7,11H,3,16H2,1-2H3,(H,18,19)/t11-/m1/s1. The van der Waals surface area contributed by atoms with Crippen molar-refractivity contribution in [3.8, 4) is 0 Å². The molecule has 0 fully saturated rings. The zero-order valence-electron chi connectivity index (χ0n) is 10.9. The lowest BCUT2D eigenvalue weighted by Crippen LogP contribution is -2.34. The molecule has 0 aliphatic carbocycles. The van der Waals surface area contributed by atoms with Gasteiger partial charge in [-0.3, -0.25) is 9.78 Å². The zero-order chi connectivity index (χ0) is 14.0. The van der Waals surface area contributed by atoms with E-state index in [1.54, 1.807) is 12.3 Å². The van der Waals surface area contributed by atoms with E-state index in [2.05, 4.69) is 10.3 Å². The first-order chi connectivity index (χ1) is 9.04. The van der Waals surface area contributed by atoms with Gasteiger partial charge >= 0.3 is 0 Å². The van der Waals surface area contributed by atoms with Gasteiger partial charge in [-0.2, -0.15) is 0 Å². The van der Waals surface area contributed by atoms with Crippen LogP contribution in [0.25, 0.3) is 10.9 Å². The number of hydrogen-bond donors (Lipinski definition) is 2. The predicted molar refractivity (Wildman–Crippen MR) is 78.4 cm³/mol. The number of nitrogens with two attached hydrogens (primary N) is 1. The molecule has 3 N–H and O–H groups in total. The highest BCUT2D eigenvalue weighted by Gasteiger charge is 2.16. The number of nitrogens with zero attached hydrogens (tertiary/aromatic N) is 1. The minimum Gasteiger partial charge on any atom is -0.323 e. The molecule has 0 radical (unpaired) electrons. The fourth-order valence-electron chi connectivity index (χ4n) is 1.91. The fourth-order valence-corrected chi connectivity index (χ4v) is 2.22. The summed E-state index contributed by atoms with van der Waals surface area (Å²) >= 11 is 6.22. The van der Waals surface area contributed by atoms with E-state index in [1.165, 1.54) is 0 Å². The Hall–Kier alpha value is -1.65. The number of nitrogens with one attached hydrogen (secondary N) is 1. The van der Waals surface area contributed by atoms with Gasteiger partial charge in [0.15, 0.2) is 0 Å². The van der Waals surface area contributed by atoms with Gasteiger partial charge in [-0.05, 0) is 37.1 Å². The number of aromatic nitrogens is 1. The van der Waals surface area contributed by atoms with Gasteiger partial charge < -0.3 is 11.1 Å². The third kappa shape index (κ3) is 2.69. The van der Waals surface area contributed by atoms with Crippen molar-refractivity contribution in [3.05, 3.63) is 35.0 Å². The molecule has 0 saturated heterocycles. The van der Waals surface area contributed by atoms with Gasteiger partial charge in [-0.25, -0.2) is 0 Å². The number of aryl methyl sites for hydroxylation is 1. The molecular formula is C14H16ClN3O. The number of rotatable bonds is 3. The minimum absolute atomic E-state index is 0.238. The van der Waals surface area contributed by atoms with Crippen LogP contribution in [0.15, 0.2) is 24.4 Å². The smallest absolute Gasteiger partial charge is 0.241 e. The second-order valence-electron chi connectivity index (χ2n) is 4.45. The Morgan fingerprint density at radius 1 is 1.58 bits per heavy atom. The van der Waals surface area contributed by atoms with E-state index in [1.807, 2.05) is 26.0 Å². The Balaban J connectivity index is 2.51. The van der Waals surface area contributed by atoms with Crippen LogP contribution in [0, 0.1) is 6.92 Å². The normalized spacial score (nSPS) is 12.4. The number of amides is 1. The van der Waals surface area contributed by atoms with E-state index < -0.39 is 6.04 Å². The molecule has 2 aromatic rings. The molecule has 0 spiro atoms. The molecular weight excluding hydrogens is 262 g/mol. The van der Waals surface area contributed by atoms with Gasteiger partial charge in [-0.1, -0.05) is 18.5 Å². The minimum atomic E-state index is -0.538. The number of fused-ring (bicyclic) bond motifs is 1. The van der Waals surface area contributed by atoms with Crippen molar-refractivity contribution in [3.63, 3.8) is 0 Å². The number of hydrogen-bond acceptors (Lipinski definition) is 3. The molecule has 5 heteroatoms. The van der Waals surface area contributed by atoms with Crippen LogP contribution in [0.5, 0.6) is 0 Å². The topological polar surface area (TPSA) is 68.0 Å². The van der Waals surface area contributed by atoms with Gasteiger partial charge in [0.2, 0.25) is 5.91 Å². The van der Waals surface area contributed by atoms with E-state index >= 15 is 0 Å². The summed E-state index contributed by atoms with van der Waals surface area (Å²) in [5.41, 5.74) is 8.09. The molecule has 1 atom stereocenters. The van der Waals surface area contributed by atoms with Crippen molar-refractivity contribution in [1.29, 1.82) is 0 Å². The molecule has 0 aliphatic rings. The van der Waals surface area contributed by atoms with Crippen LogP contribution in [-0.2, 0) is 4.79 Å². The van der Waals surface area contributed by atoms with Gasteiger partial charge in [0.25, 0.3) is 0 Å². The summed E-state index contributed by atoms with van der Waals surface area (Å²) in [7, 11) is 0. The molecule has 19 heavy (non-hydrogen) atoms. The summed E-state index contributed by atoms with van der Waals surface area (Å²) in [4.78, 5) is 16.2. The Morgan fingerprint density at radius 2 is 2.32 bits per heavy atom. The van der Waals surface area contributed by atoms with Gasteiger partial charge in [0, 0.05) is 11.6 Å². The third-order valence-electron chi connectivity index (χ3n) is 3.06. The van der Waals surface area contributed by atoms with E-state index in [9.17, 15) is 4.79 Å². The maximum absolute atomic E-state index is 11.9. The lowest BCUT2D eigenvalue weighted by Gasteiger charge is -2.14. The maximum Gasteiger partial charge on any atom is 0.241 e. The van der Waals surface area contributed by atoms with Crippen LogP contribution in [-0.4, -0.2) is 16.9 Å². The summed E-state index contributed by atoms with van der Waals surface area (Å²) in [5.74, 6) is -0.238. The van der Waals surface area contributed by atoms with Crippen molar-refractivity contribution < 1.29 is 4.79 Å². The highest BCUT2D eigenvalue weighted by molar-refractivity contribution is 6.35. The number of pyridine rings is 1. The highest BCUT2D eigenvalue weighted by atomic mass is 35.5. The van der Waals surface area contributed by atoms with Crippen molar-refractivity contribution in [2.75, 3.05) is 5.32 Å². The molecule has 1 heterocycles.